The lowest BCUT2D eigenvalue weighted by atomic mass is 10.2. The molecule has 1 fully saturated rings. The quantitative estimate of drug-likeness (QED) is 0.439. The van der Waals surface area contributed by atoms with E-state index in [4.69, 9.17) is 4.74 Å². The number of rotatable bonds is 6. The molecule has 1 aliphatic rings. The highest BCUT2D eigenvalue weighted by Crippen LogP contribution is 2.34. The zero-order valence-electron chi connectivity index (χ0n) is 14.2. The van der Waals surface area contributed by atoms with E-state index >= 15 is 0 Å². The molecule has 0 unspecified atom stereocenters. The number of imide groups is 1. The molecule has 0 N–H and O–H groups in total. The van der Waals surface area contributed by atoms with Gasteiger partial charge in [-0.1, -0.05) is 24.3 Å². The second-order valence-electron chi connectivity index (χ2n) is 5.69. The normalized spacial score (nSPS) is 15.5. The molecule has 7 heteroatoms. The second-order valence-corrected chi connectivity index (χ2v) is 7.54. The second kappa shape index (κ2) is 8.54. The van der Waals surface area contributed by atoms with Gasteiger partial charge < -0.3 is 4.74 Å². The van der Waals surface area contributed by atoms with E-state index in [2.05, 4.69) is 22.5 Å². The molecule has 0 aliphatic carbocycles. The van der Waals surface area contributed by atoms with Crippen LogP contribution in [0, 0.1) is 5.82 Å². The van der Waals surface area contributed by atoms with Crippen LogP contribution < -0.4 is 4.74 Å². The number of carbonyl (C=O) groups is 2. The summed E-state index contributed by atoms with van der Waals surface area (Å²) in [6.45, 7) is 3.98. The maximum atomic E-state index is 13.2. The topological polar surface area (TPSA) is 46.6 Å². The van der Waals surface area contributed by atoms with Crippen molar-refractivity contribution in [2.75, 3.05) is 6.54 Å². The molecule has 0 spiro atoms. The number of benzene rings is 2. The van der Waals surface area contributed by atoms with E-state index in [1.165, 1.54) is 18.2 Å². The van der Waals surface area contributed by atoms with E-state index in [1.54, 1.807) is 36.4 Å². The van der Waals surface area contributed by atoms with Gasteiger partial charge in [-0.25, -0.2) is 4.39 Å². The summed E-state index contributed by atoms with van der Waals surface area (Å²) in [6.07, 6.45) is 3.18. The van der Waals surface area contributed by atoms with Gasteiger partial charge in [-0.05, 0) is 69.2 Å². The van der Waals surface area contributed by atoms with Crippen molar-refractivity contribution in [1.29, 1.82) is 0 Å². The Morgan fingerprint density at radius 2 is 2.04 bits per heavy atom. The van der Waals surface area contributed by atoms with E-state index < -0.39 is 0 Å². The van der Waals surface area contributed by atoms with E-state index in [0.29, 0.717) is 15.1 Å². The van der Waals surface area contributed by atoms with E-state index in [0.717, 1.165) is 27.8 Å². The molecule has 0 bridgehead atoms. The molecular weight excluding hydrogens is 433 g/mol. The van der Waals surface area contributed by atoms with Gasteiger partial charge in [0.2, 0.25) is 0 Å². The fourth-order valence-corrected chi connectivity index (χ4v) is 3.81. The summed E-state index contributed by atoms with van der Waals surface area (Å²) in [7, 11) is 0. The Labute approximate surface area is 168 Å². The minimum Gasteiger partial charge on any atom is -0.488 e. The number of ether oxygens (including phenoxy) is 1. The number of hydrogen-bond donors (Lipinski definition) is 0. The number of amides is 2. The van der Waals surface area contributed by atoms with Crippen LogP contribution in [0.25, 0.3) is 6.08 Å². The number of halogens is 2. The average molecular weight is 448 g/mol. The third kappa shape index (κ3) is 4.67. The maximum absolute atomic E-state index is 13.2. The van der Waals surface area contributed by atoms with Crippen LogP contribution in [0.15, 0.2) is 64.5 Å². The maximum Gasteiger partial charge on any atom is 0.293 e. The highest BCUT2D eigenvalue weighted by Gasteiger charge is 2.34. The lowest BCUT2D eigenvalue weighted by Crippen LogP contribution is -2.27. The van der Waals surface area contributed by atoms with E-state index in [1.807, 2.05) is 0 Å². The van der Waals surface area contributed by atoms with Crippen LogP contribution in [-0.2, 0) is 11.4 Å². The van der Waals surface area contributed by atoms with E-state index in [9.17, 15) is 14.0 Å². The van der Waals surface area contributed by atoms with Gasteiger partial charge in [-0.15, -0.1) is 6.58 Å². The molecule has 0 radical (unpaired) electrons. The molecule has 1 aliphatic heterocycles. The molecule has 4 nitrogen and oxygen atoms in total. The fraction of sp³-hybridized carbons (Fsp3) is 0.100. The van der Waals surface area contributed by atoms with Crippen molar-refractivity contribution in [1.82, 2.24) is 4.90 Å². The van der Waals surface area contributed by atoms with Gasteiger partial charge in [-0.2, -0.15) is 0 Å². The van der Waals surface area contributed by atoms with Crippen LogP contribution >= 0.6 is 27.7 Å². The van der Waals surface area contributed by atoms with Gasteiger partial charge in [-0.3, -0.25) is 14.5 Å². The molecule has 138 valence electrons. The van der Waals surface area contributed by atoms with Crippen molar-refractivity contribution in [2.45, 2.75) is 6.61 Å². The van der Waals surface area contributed by atoms with E-state index in [-0.39, 0.29) is 30.1 Å². The van der Waals surface area contributed by atoms with Crippen molar-refractivity contribution >= 4 is 44.9 Å². The molecule has 27 heavy (non-hydrogen) atoms. The number of thioether (sulfide) groups is 1. The molecule has 2 aromatic rings. The molecule has 0 saturated carbocycles. The Bertz CT molecular complexity index is 945. The Kier molecular flexibility index (Phi) is 6.13. The smallest absolute Gasteiger partial charge is 0.293 e. The Hall–Kier alpha value is -2.38. The summed E-state index contributed by atoms with van der Waals surface area (Å²) in [5, 5.41) is -0.305. The first-order valence-electron chi connectivity index (χ1n) is 8.01. The number of nitrogens with zero attached hydrogens (tertiary/aromatic N) is 1. The van der Waals surface area contributed by atoms with Crippen molar-refractivity contribution in [2.24, 2.45) is 0 Å². The monoisotopic (exact) mass is 447 g/mol. The van der Waals surface area contributed by atoms with Crippen LogP contribution in [0.2, 0.25) is 0 Å². The zero-order chi connectivity index (χ0) is 19.4. The third-order valence-electron chi connectivity index (χ3n) is 3.72. The highest BCUT2D eigenvalue weighted by molar-refractivity contribution is 9.10. The van der Waals surface area contributed by atoms with Gasteiger partial charge in [0.05, 0.1) is 9.38 Å². The van der Waals surface area contributed by atoms with Gasteiger partial charge in [0.25, 0.3) is 11.1 Å². The Morgan fingerprint density at radius 3 is 2.74 bits per heavy atom. The summed E-state index contributed by atoms with van der Waals surface area (Å²) in [4.78, 5) is 25.6. The average Bonchev–Trinajstić information content (AvgIpc) is 2.89. The minimum absolute atomic E-state index is 0.193. The molecule has 1 saturated heterocycles. The minimum atomic E-state index is -0.326. The van der Waals surface area contributed by atoms with Crippen LogP contribution in [0.3, 0.4) is 0 Å². The molecule has 0 aromatic heterocycles. The summed E-state index contributed by atoms with van der Waals surface area (Å²) in [5.41, 5.74) is 1.48. The summed E-state index contributed by atoms with van der Waals surface area (Å²) in [6, 6.07) is 11.5. The van der Waals surface area contributed by atoms with Crippen LogP contribution in [-0.4, -0.2) is 22.6 Å². The number of carbonyl (C=O) groups excluding carboxylic acids is 2. The Balaban J connectivity index is 1.72. The van der Waals surface area contributed by atoms with Crippen molar-refractivity contribution in [3.8, 4) is 5.75 Å². The largest absolute Gasteiger partial charge is 0.488 e. The molecule has 0 atom stereocenters. The Morgan fingerprint density at radius 1 is 1.22 bits per heavy atom. The van der Waals surface area contributed by atoms with Crippen LogP contribution in [0.1, 0.15) is 11.1 Å². The van der Waals surface area contributed by atoms with Gasteiger partial charge >= 0.3 is 0 Å². The first-order valence-corrected chi connectivity index (χ1v) is 9.62. The van der Waals surface area contributed by atoms with Crippen molar-refractivity contribution in [3.05, 3.63) is 81.4 Å². The lowest BCUT2D eigenvalue weighted by Gasteiger charge is -2.09. The van der Waals surface area contributed by atoms with Crippen LogP contribution in [0.4, 0.5) is 9.18 Å². The predicted molar refractivity (Wildman–Crippen MR) is 108 cm³/mol. The van der Waals surface area contributed by atoms with Gasteiger partial charge in [0.1, 0.15) is 18.2 Å². The molecule has 3 rings (SSSR count). The molecule has 2 aromatic carbocycles. The lowest BCUT2D eigenvalue weighted by molar-refractivity contribution is -0.122. The molecule has 2 amide bonds. The first-order chi connectivity index (χ1) is 13.0. The summed E-state index contributed by atoms with van der Waals surface area (Å²) in [5.74, 6) is -0.0421. The SMILES string of the molecule is C=CCN1C(=O)SC(=Cc2ccc(OCc3cccc(F)c3)c(Br)c2)C1=O. The van der Waals surface area contributed by atoms with Crippen molar-refractivity contribution < 1.29 is 18.7 Å². The zero-order valence-corrected chi connectivity index (χ0v) is 16.6. The molecular formula is C20H15BrFNO3S. The van der Waals surface area contributed by atoms with Crippen LogP contribution in [0.5, 0.6) is 5.75 Å². The fourth-order valence-electron chi connectivity index (χ4n) is 2.45. The van der Waals surface area contributed by atoms with Gasteiger partial charge in [0.15, 0.2) is 0 Å². The highest BCUT2D eigenvalue weighted by atomic mass is 79.9. The van der Waals surface area contributed by atoms with Crippen molar-refractivity contribution in [3.63, 3.8) is 0 Å². The molecule has 1 heterocycles. The third-order valence-corrected chi connectivity index (χ3v) is 5.25. The number of hydrogen-bond acceptors (Lipinski definition) is 4. The first kappa shape index (κ1) is 19.4. The van der Waals surface area contributed by atoms with Gasteiger partial charge in [0, 0.05) is 6.54 Å². The predicted octanol–water partition coefficient (Wildman–Crippen LogP) is 5.39. The summed E-state index contributed by atoms with van der Waals surface area (Å²) < 4.78 is 19.6. The standard InChI is InChI=1S/C20H15BrFNO3S/c1-2-8-23-19(24)18(27-20(23)25)11-13-6-7-17(16(21)10-13)26-12-14-4-3-5-15(22)9-14/h2-7,9-11H,1,8,12H2. The summed E-state index contributed by atoms with van der Waals surface area (Å²) >= 11 is 4.34.